The Morgan fingerprint density at radius 3 is 1.88 bits per heavy atom. The molecule has 0 radical (unpaired) electrons. The van der Waals surface area contributed by atoms with E-state index in [1.165, 1.54) is 11.3 Å². The molecule has 0 saturated carbocycles. The predicted molar refractivity (Wildman–Crippen MR) is 167 cm³/mol. The molecular formula is C36H39N3O2. The Bertz CT molecular complexity index is 1500. The summed E-state index contributed by atoms with van der Waals surface area (Å²) in [6, 6.07) is 37.0. The number of rotatable bonds is 13. The monoisotopic (exact) mass is 545 g/mol. The van der Waals surface area contributed by atoms with Gasteiger partial charge in [-0.2, -0.15) is 0 Å². The molecule has 41 heavy (non-hydrogen) atoms. The number of phenols is 1. The molecule has 4 aromatic carbocycles. The second kappa shape index (κ2) is 13.8. The smallest absolute Gasteiger partial charge is 0.140 e. The minimum absolute atomic E-state index is 0.281. The SMILES string of the molecule is CCCCn1c(-c2ccccc2)nc(-c2ccccc2)c1CN(Cc1ccc(O)cc1)Cc1ccc(OCC)cc1. The molecule has 210 valence electrons. The van der Waals surface area contributed by atoms with Gasteiger partial charge in [0.25, 0.3) is 0 Å². The number of hydrogen-bond acceptors (Lipinski definition) is 4. The van der Waals surface area contributed by atoms with Crippen LogP contribution in [0, 0.1) is 0 Å². The lowest BCUT2D eigenvalue weighted by molar-refractivity contribution is 0.241. The van der Waals surface area contributed by atoms with Crippen molar-refractivity contribution in [2.75, 3.05) is 6.61 Å². The van der Waals surface area contributed by atoms with Crippen molar-refractivity contribution in [2.24, 2.45) is 0 Å². The van der Waals surface area contributed by atoms with Crippen LogP contribution in [0.15, 0.2) is 109 Å². The molecule has 0 fully saturated rings. The molecule has 0 aliphatic carbocycles. The molecule has 0 atom stereocenters. The van der Waals surface area contributed by atoms with Crippen molar-refractivity contribution in [1.82, 2.24) is 14.5 Å². The van der Waals surface area contributed by atoms with E-state index in [1.807, 2.05) is 31.2 Å². The molecule has 0 spiro atoms. The Kier molecular flexibility index (Phi) is 9.50. The zero-order valence-electron chi connectivity index (χ0n) is 24.0. The molecule has 1 heterocycles. The van der Waals surface area contributed by atoms with Crippen molar-refractivity contribution in [1.29, 1.82) is 0 Å². The first-order valence-electron chi connectivity index (χ1n) is 14.6. The molecule has 0 saturated heterocycles. The number of hydrogen-bond donors (Lipinski definition) is 1. The number of ether oxygens (including phenoxy) is 1. The van der Waals surface area contributed by atoms with Gasteiger partial charge in [0.15, 0.2) is 0 Å². The maximum absolute atomic E-state index is 9.89. The first-order chi connectivity index (χ1) is 20.1. The van der Waals surface area contributed by atoms with E-state index in [2.05, 4.69) is 89.2 Å². The fraction of sp³-hybridized carbons (Fsp3) is 0.250. The van der Waals surface area contributed by atoms with Crippen LogP contribution in [0.2, 0.25) is 0 Å². The van der Waals surface area contributed by atoms with Gasteiger partial charge in [-0.05, 0) is 48.7 Å². The zero-order chi connectivity index (χ0) is 28.4. The van der Waals surface area contributed by atoms with Gasteiger partial charge in [-0.3, -0.25) is 4.90 Å². The summed E-state index contributed by atoms with van der Waals surface area (Å²) in [5, 5.41) is 9.89. The van der Waals surface area contributed by atoms with Crippen LogP contribution >= 0.6 is 0 Å². The van der Waals surface area contributed by atoms with Crippen molar-refractivity contribution in [2.45, 2.75) is 52.9 Å². The van der Waals surface area contributed by atoms with Gasteiger partial charge in [0.05, 0.1) is 18.0 Å². The molecule has 0 bridgehead atoms. The Balaban J connectivity index is 1.58. The number of unbranched alkanes of at least 4 members (excludes halogenated alkanes) is 1. The van der Waals surface area contributed by atoms with E-state index in [9.17, 15) is 5.11 Å². The summed E-state index contributed by atoms with van der Waals surface area (Å²) in [5.41, 5.74) is 6.87. The summed E-state index contributed by atoms with van der Waals surface area (Å²) < 4.78 is 8.12. The van der Waals surface area contributed by atoms with Gasteiger partial charge in [0.2, 0.25) is 0 Å². The lowest BCUT2D eigenvalue weighted by atomic mass is 10.1. The minimum Gasteiger partial charge on any atom is -0.508 e. The molecular weight excluding hydrogens is 506 g/mol. The van der Waals surface area contributed by atoms with Gasteiger partial charge in [-0.15, -0.1) is 0 Å². The summed E-state index contributed by atoms with van der Waals surface area (Å²) in [6.07, 6.45) is 2.18. The van der Waals surface area contributed by atoms with Crippen LogP contribution in [0.25, 0.3) is 22.6 Å². The van der Waals surface area contributed by atoms with E-state index < -0.39 is 0 Å². The van der Waals surface area contributed by atoms with Crippen LogP contribution in [0.1, 0.15) is 43.5 Å². The van der Waals surface area contributed by atoms with Gasteiger partial charge in [0, 0.05) is 37.3 Å². The van der Waals surface area contributed by atoms with Crippen LogP contribution in [-0.2, 0) is 26.2 Å². The molecule has 0 amide bonds. The number of imidazole rings is 1. The normalized spacial score (nSPS) is 11.2. The highest BCUT2D eigenvalue weighted by atomic mass is 16.5. The van der Waals surface area contributed by atoms with E-state index in [0.717, 1.165) is 73.0 Å². The lowest BCUT2D eigenvalue weighted by Crippen LogP contribution is -2.24. The summed E-state index contributed by atoms with van der Waals surface area (Å²) in [4.78, 5) is 7.76. The van der Waals surface area contributed by atoms with Crippen molar-refractivity contribution < 1.29 is 9.84 Å². The zero-order valence-corrected chi connectivity index (χ0v) is 24.0. The minimum atomic E-state index is 0.281. The number of benzene rings is 4. The van der Waals surface area contributed by atoms with Gasteiger partial charge in [0.1, 0.15) is 17.3 Å². The van der Waals surface area contributed by atoms with E-state index in [1.54, 1.807) is 12.1 Å². The van der Waals surface area contributed by atoms with Crippen molar-refractivity contribution in [3.63, 3.8) is 0 Å². The molecule has 1 aromatic heterocycles. The third kappa shape index (κ3) is 7.24. The first-order valence-corrected chi connectivity index (χ1v) is 14.6. The Hall–Kier alpha value is -4.35. The molecule has 5 rings (SSSR count). The van der Waals surface area contributed by atoms with Gasteiger partial charge < -0.3 is 14.4 Å². The van der Waals surface area contributed by atoms with Crippen molar-refractivity contribution >= 4 is 0 Å². The maximum atomic E-state index is 9.89. The summed E-state index contributed by atoms with van der Waals surface area (Å²) >= 11 is 0. The highest BCUT2D eigenvalue weighted by molar-refractivity contribution is 5.68. The molecule has 5 heteroatoms. The average molecular weight is 546 g/mol. The summed E-state index contributed by atoms with van der Waals surface area (Å²) in [6.45, 7) is 8.03. The molecule has 5 nitrogen and oxygen atoms in total. The van der Waals surface area contributed by atoms with E-state index in [4.69, 9.17) is 9.72 Å². The highest BCUT2D eigenvalue weighted by Gasteiger charge is 2.22. The van der Waals surface area contributed by atoms with Gasteiger partial charge in [-0.1, -0.05) is 98.3 Å². The standard InChI is InChI=1S/C36H39N3O2/c1-3-5-24-39-34(35(30-12-8-6-9-13-30)37-36(39)31-14-10-7-11-15-31)27-38(25-28-16-20-32(40)21-17-28)26-29-18-22-33(23-19-29)41-4-2/h6-23,40H,3-5,24-27H2,1-2H3. The topological polar surface area (TPSA) is 50.5 Å². The summed E-state index contributed by atoms with van der Waals surface area (Å²) in [7, 11) is 0. The fourth-order valence-corrected chi connectivity index (χ4v) is 5.19. The highest BCUT2D eigenvalue weighted by Crippen LogP contribution is 2.32. The Morgan fingerprint density at radius 2 is 1.29 bits per heavy atom. The van der Waals surface area contributed by atoms with Crippen LogP contribution in [-0.4, -0.2) is 26.2 Å². The number of aromatic nitrogens is 2. The van der Waals surface area contributed by atoms with Crippen molar-refractivity contribution in [3.05, 3.63) is 126 Å². The molecule has 0 unspecified atom stereocenters. The molecule has 0 aliphatic rings. The second-order valence-corrected chi connectivity index (χ2v) is 10.4. The van der Waals surface area contributed by atoms with Gasteiger partial charge in [-0.25, -0.2) is 4.98 Å². The Labute approximate surface area is 243 Å². The summed E-state index contributed by atoms with van der Waals surface area (Å²) in [5.74, 6) is 2.18. The number of nitrogens with zero attached hydrogens (tertiary/aromatic N) is 3. The average Bonchev–Trinajstić information content (AvgIpc) is 3.37. The third-order valence-corrected chi connectivity index (χ3v) is 7.24. The predicted octanol–water partition coefficient (Wildman–Crippen LogP) is 8.32. The van der Waals surface area contributed by atoms with Crippen LogP contribution in [0.3, 0.4) is 0 Å². The fourth-order valence-electron chi connectivity index (χ4n) is 5.19. The third-order valence-electron chi connectivity index (χ3n) is 7.24. The first kappa shape index (κ1) is 28.2. The van der Waals surface area contributed by atoms with E-state index in [-0.39, 0.29) is 5.75 Å². The number of aromatic hydroxyl groups is 1. The largest absolute Gasteiger partial charge is 0.508 e. The van der Waals surface area contributed by atoms with Crippen molar-refractivity contribution in [3.8, 4) is 34.1 Å². The van der Waals surface area contributed by atoms with Crippen LogP contribution in [0.4, 0.5) is 0 Å². The Morgan fingerprint density at radius 1 is 0.707 bits per heavy atom. The van der Waals surface area contributed by atoms with Crippen LogP contribution in [0.5, 0.6) is 11.5 Å². The van der Waals surface area contributed by atoms with Crippen LogP contribution < -0.4 is 4.74 Å². The quantitative estimate of drug-likeness (QED) is 0.162. The number of phenolic OH excluding ortho intramolecular Hbond substituents is 1. The molecule has 5 aromatic rings. The van der Waals surface area contributed by atoms with Gasteiger partial charge >= 0.3 is 0 Å². The molecule has 0 aliphatic heterocycles. The van der Waals surface area contributed by atoms with E-state index in [0.29, 0.717) is 6.61 Å². The maximum Gasteiger partial charge on any atom is 0.140 e. The second-order valence-electron chi connectivity index (χ2n) is 10.4. The molecule has 1 N–H and O–H groups in total. The van der Waals surface area contributed by atoms with E-state index >= 15 is 0 Å². The lowest BCUT2D eigenvalue weighted by Gasteiger charge is -2.25.